The maximum absolute atomic E-state index is 9.70. The minimum Gasteiger partial charge on any atom is -0.494 e. The lowest BCUT2D eigenvalue weighted by atomic mass is 10.1. The zero-order chi connectivity index (χ0) is 12.1. The Kier molecular flexibility index (Phi) is 4.43. The Morgan fingerprint density at radius 3 is 3.00 bits per heavy atom. The quantitative estimate of drug-likeness (QED) is 0.762. The van der Waals surface area contributed by atoms with Crippen LogP contribution in [-0.4, -0.2) is 11.7 Å². The molecular formula is C15H22O2. The van der Waals surface area contributed by atoms with E-state index in [0.29, 0.717) is 0 Å². The van der Waals surface area contributed by atoms with E-state index < -0.39 is 0 Å². The lowest BCUT2D eigenvalue weighted by molar-refractivity contribution is 0.180. The smallest absolute Gasteiger partial charge is 0.119 e. The average Bonchev–Trinajstić information content (AvgIpc) is 2.71. The summed E-state index contributed by atoms with van der Waals surface area (Å²) in [6, 6.07) is 6.08. The van der Waals surface area contributed by atoms with Crippen LogP contribution in [0.2, 0.25) is 0 Å². The SMILES string of the molecule is CCCCCCOc1ccc2c(c1)CC[C@H]2O. The van der Waals surface area contributed by atoms with Crippen molar-refractivity contribution in [2.75, 3.05) is 6.61 Å². The minimum atomic E-state index is -0.261. The molecule has 0 unspecified atom stereocenters. The number of aryl methyl sites for hydroxylation is 1. The Bertz CT molecular complexity index is 360. The summed E-state index contributed by atoms with van der Waals surface area (Å²) in [6.45, 7) is 3.02. The van der Waals surface area contributed by atoms with Gasteiger partial charge in [0.25, 0.3) is 0 Å². The summed E-state index contributed by atoms with van der Waals surface area (Å²) in [5.74, 6) is 0.953. The van der Waals surface area contributed by atoms with Crippen LogP contribution in [0.4, 0.5) is 0 Å². The molecule has 17 heavy (non-hydrogen) atoms. The van der Waals surface area contributed by atoms with E-state index in [1.165, 1.54) is 24.8 Å². The molecule has 0 radical (unpaired) electrons. The van der Waals surface area contributed by atoms with E-state index in [1.807, 2.05) is 12.1 Å². The van der Waals surface area contributed by atoms with E-state index in [2.05, 4.69) is 13.0 Å². The fourth-order valence-electron chi connectivity index (χ4n) is 2.38. The van der Waals surface area contributed by atoms with Crippen LogP contribution in [0.15, 0.2) is 18.2 Å². The monoisotopic (exact) mass is 234 g/mol. The molecule has 2 heteroatoms. The van der Waals surface area contributed by atoms with Crippen LogP contribution >= 0.6 is 0 Å². The number of fused-ring (bicyclic) bond motifs is 1. The zero-order valence-electron chi connectivity index (χ0n) is 10.6. The molecule has 2 nitrogen and oxygen atoms in total. The van der Waals surface area contributed by atoms with Crippen molar-refractivity contribution in [3.8, 4) is 5.75 Å². The number of aliphatic hydroxyl groups excluding tert-OH is 1. The van der Waals surface area contributed by atoms with Gasteiger partial charge in [-0.25, -0.2) is 0 Å². The molecule has 0 amide bonds. The van der Waals surface area contributed by atoms with Crippen LogP contribution in [0, 0.1) is 0 Å². The van der Waals surface area contributed by atoms with Crippen molar-refractivity contribution < 1.29 is 9.84 Å². The van der Waals surface area contributed by atoms with E-state index >= 15 is 0 Å². The Balaban J connectivity index is 1.82. The summed E-state index contributed by atoms with van der Waals surface area (Å²) in [7, 11) is 0. The molecule has 94 valence electrons. The molecule has 0 saturated carbocycles. The molecule has 1 N–H and O–H groups in total. The van der Waals surface area contributed by atoms with Gasteiger partial charge in [-0.15, -0.1) is 0 Å². The second-order valence-corrected chi connectivity index (χ2v) is 4.82. The molecule has 1 aromatic rings. The highest BCUT2D eigenvalue weighted by Gasteiger charge is 2.20. The zero-order valence-corrected chi connectivity index (χ0v) is 10.6. The predicted octanol–water partition coefficient (Wildman–Crippen LogP) is 3.63. The first-order valence-electron chi connectivity index (χ1n) is 6.75. The largest absolute Gasteiger partial charge is 0.494 e. The van der Waals surface area contributed by atoms with Gasteiger partial charge in [0, 0.05) is 0 Å². The van der Waals surface area contributed by atoms with Gasteiger partial charge in [-0.05, 0) is 42.5 Å². The molecule has 1 atom stereocenters. The van der Waals surface area contributed by atoms with E-state index in [-0.39, 0.29) is 6.10 Å². The van der Waals surface area contributed by atoms with Gasteiger partial charge in [0.1, 0.15) is 5.75 Å². The fourth-order valence-corrected chi connectivity index (χ4v) is 2.38. The van der Waals surface area contributed by atoms with Crippen molar-refractivity contribution in [1.29, 1.82) is 0 Å². The molecule has 0 spiro atoms. The van der Waals surface area contributed by atoms with Gasteiger partial charge in [-0.3, -0.25) is 0 Å². The summed E-state index contributed by atoms with van der Waals surface area (Å²) in [5.41, 5.74) is 2.34. The highest BCUT2D eigenvalue weighted by molar-refractivity contribution is 5.39. The third-order valence-electron chi connectivity index (χ3n) is 3.43. The maximum Gasteiger partial charge on any atom is 0.119 e. The Morgan fingerprint density at radius 2 is 2.18 bits per heavy atom. The number of rotatable bonds is 6. The summed E-state index contributed by atoms with van der Waals surface area (Å²) in [5, 5.41) is 9.70. The van der Waals surface area contributed by atoms with Crippen molar-refractivity contribution in [3.05, 3.63) is 29.3 Å². The summed E-state index contributed by atoms with van der Waals surface area (Å²) in [4.78, 5) is 0. The summed E-state index contributed by atoms with van der Waals surface area (Å²) >= 11 is 0. The molecule has 0 heterocycles. The van der Waals surface area contributed by atoms with Crippen molar-refractivity contribution in [2.45, 2.75) is 51.6 Å². The van der Waals surface area contributed by atoms with Gasteiger partial charge in [0.2, 0.25) is 0 Å². The highest BCUT2D eigenvalue weighted by atomic mass is 16.5. The normalized spacial score (nSPS) is 18.1. The van der Waals surface area contributed by atoms with Crippen molar-refractivity contribution in [2.24, 2.45) is 0 Å². The van der Waals surface area contributed by atoms with Crippen LogP contribution in [0.25, 0.3) is 0 Å². The van der Waals surface area contributed by atoms with Gasteiger partial charge >= 0.3 is 0 Å². The maximum atomic E-state index is 9.70. The standard InChI is InChI=1S/C15H22O2/c1-2-3-4-5-10-17-13-7-8-14-12(11-13)6-9-15(14)16/h7-8,11,15-16H,2-6,9-10H2,1H3/t15-/m1/s1. The van der Waals surface area contributed by atoms with Crippen LogP contribution < -0.4 is 4.74 Å². The third-order valence-corrected chi connectivity index (χ3v) is 3.43. The lowest BCUT2D eigenvalue weighted by Gasteiger charge is -2.08. The number of aliphatic hydroxyl groups is 1. The van der Waals surface area contributed by atoms with Crippen LogP contribution in [0.3, 0.4) is 0 Å². The van der Waals surface area contributed by atoms with Crippen LogP contribution in [-0.2, 0) is 6.42 Å². The highest BCUT2D eigenvalue weighted by Crippen LogP contribution is 2.33. The summed E-state index contributed by atoms with van der Waals surface area (Å²) in [6.07, 6.45) is 6.51. The van der Waals surface area contributed by atoms with Gasteiger partial charge in [0.15, 0.2) is 0 Å². The molecule has 1 aliphatic carbocycles. The number of unbranched alkanes of at least 4 members (excludes halogenated alkanes) is 3. The van der Waals surface area contributed by atoms with Crippen molar-refractivity contribution in [3.63, 3.8) is 0 Å². The lowest BCUT2D eigenvalue weighted by Crippen LogP contribution is -1.98. The third kappa shape index (κ3) is 3.22. The molecule has 0 fully saturated rings. The number of ether oxygens (including phenoxy) is 1. The Morgan fingerprint density at radius 1 is 1.29 bits per heavy atom. The summed E-state index contributed by atoms with van der Waals surface area (Å²) < 4.78 is 5.73. The molecule has 0 saturated heterocycles. The fraction of sp³-hybridized carbons (Fsp3) is 0.600. The second-order valence-electron chi connectivity index (χ2n) is 4.82. The van der Waals surface area contributed by atoms with Crippen LogP contribution in [0.1, 0.15) is 56.3 Å². The van der Waals surface area contributed by atoms with E-state index in [0.717, 1.165) is 37.2 Å². The molecule has 0 aliphatic heterocycles. The Labute approximate surface area is 104 Å². The van der Waals surface area contributed by atoms with Crippen molar-refractivity contribution >= 4 is 0 Å². The first-order chi connectivity index (χ1) is 8.31. The number of benzene rings is 1. The van der Waals surface area contributed by atoms with Gasteiger partial charge in [0.05, 0.1) is 12.7 Å². The molecule has 1 aromatic carbocycles. The topological polar surface area (TPSA) is 29.5 Å². The number of hydrogen-bond donors (Lipinski definition) is 1. The molecule has 2 rings (SSSR count). The van der Waals surface area contributed by atoms with Gasteiger partial charge in [-0.2, -0.15) is 0 Å². The molecule has 0 bridgehead atoms. The first-order valence-corrected chi connectivity index (χ1v) is 6.75. The van der Waals surface area contributed by atoms with E-state index in [9.17, 15) is 5.11 Å². The van der Waals surface area contributed by atoms with Gasteiger partial charge in [-0.1, -0.05) is 32.3 Å². The predicted molar refractivity (Wildman–Crippen MR) is 69.4 cm³/mol. The molecule has 1 aliphatic rings. The average molecular weight is 234 g/mol. The molecule has 0 aromatic heterocycles. The van der Waals surface area contributed by atoms with Crippen molar-refractivity contribution in [1.82, 2.24) is 0 Å². The number of hydrogen-bond acceptors (Lipinski definition) is 2. The molecular weight excluding hydrogens is 212 g/mol. The van der Waals surface area contributed by atoms with Gasteiger partial charge < -0.3 is 9.84 Å². The first kappa shape index (κ1) is 12.4. The van der Waals surface area contributed by atoms with Crippen LogP contribution in [0.5, 0.6) is 5.75 Å². The minimum absolute atomic E-state index is 0.261. The van der Waals surface area contributed by atoms with E-state index in [1.54, 1.807) is 0 Å². The van der Waals surface area contributed by atoms with E-state index in [4.69, 9.17) is 4.74 Å². The second kappa shape index (κ2) is 6.06. The Hall–Kier alpha value is -1.02.